The Hall–Kier alpha value is -0.170. The van der Waals surface area contributed by atoms with E-state index in [1.807, 2.05) is 13.8 Å². The molecule has 1 atom stereocenters. The zero-order chi connectivity index (χ0) is 12.3. The summed E-state index contributed by atoms with van der Waals surface area (Å²) in [7, 11) is 0. The molecule has 4 heteroatoms. The Labute approximate surface area is 116 Å². The van der Waals surface area contributed by atoms with E-state index in [4.69, 9.17) is 14.2 Å². The minimum Gasteiger partial charge on any atom is -0.374 e. The van der Waals surface area contributed by atoms with Gasteiger partial charge in [-0.25, -0.2) is 0 Å². The topological polar surface area (TPSA) is 27.7 Å². The van der Waals surface area contributed by atoms with Gasteiger partial charge in [0, 0.05) is 3.57 Å². The molecule has 1 aromatic rings. The van der Waals surface area contributed by atoms with Gasteiger partial charge in [-0.15, -0.1) is 0 Å². The van der Waals surface area contributed by atoms with E-state index in [0.717, 1.165) is 0 Å². The van der Waals surface area contributed by atoms with E-state index < -0.39 is 5.79 Å². The number of halogens is 1. The summed E-state index contributed by atoms with van der Waals surface area (Å²) in [6, 6.07) is 8.32. The van der Waals surface area contributed by atoms with Gasteiger partial charge in [-0.2, -0.15) is 0 Å². The normalized spacial score (nSPS) is 22.9. The minimum absolute atomic E-state index is 0.0499. The maximum atomic E-state index is 5.66. The van der Waals surface area contributed by atoms with E-state index in [1.54, 1.807) is 0 Å². The van der Waals surface area contributed by atoms with Crippen LogP contribution >= 0.6 is 22.6 Å². The van der Waals surface area contributed by atoms with Crippen LogP contribution in [0.1, 0.15) is 19.4 Å². The average molecular weight is 348 g/mol. The lowest BCUT2D eigenvalue weighted by Gasteiger charge is -2.17. The molecule has 17 heavy (non-hydrogen) atoms. The zero-order valence-corrected chi connectivity index (χ0v) is 12.3. The predicted molar refractivity (Wildman–Crippen MR) is 73.7 cm³/mol. The summed E-state index contributed by atoms with van der Waals surface area (Å²) < 4.78 is 18.0. The summed E-state index contributed by atoms with van der Waals surface area (Å²) in [5, 5.41) is 0. The Morgan fingerprint density at radius 1 is 1.35 bits per heavy atom. The zero-order valence-electron chi connectivity index (χ0n) is 10.1. The maximum Gasteiger partial charge on any atom is 0.163 e. The number of benzene rings is 1. The fourth-order valence-corrected chi connectivity index (χ4v) is 2.09. The van der Waals surface area contributed by atoms with Crippen molar-refractivity contribution in [1.29, 1.82) is 0 Å². The maximum absolute atomic E-state index is 5.66. The Morgan fingerprint density at radius 2 is 2.06 bits per heavy atom. The van der Waals surface area contributed by atoms with Gasteiger partial charge in [0.25, 0.3) is 0 Å². The second kappa shape index (κ2) is 5.65. The van der Waals surface area contributed by atoms with Crippen molar-refractivity contribution in [2.24, 2.45) is 0 Å². The highest BCUT2D eigenvalue weighted by atomic mass is 127. The SMILES string of the molecule is CC1(C)OCC(COCc2ccc(I)cc2)O1. The second-order valence-electron chi connectivity index (χ2n) is 4.59. The molecule has 0 aromatic heterocycles. The fourth-order valence-electron chi connectivity index (χ4n) is 1.73. The van der Waals surface area contributed by atoms with Crippen LogP contribution in [0, 0.1) is 3.57 Å². The molecule has 0 radical (unpaired) electrons. The summed E-state index contributed by atoms with van der Waals surface area (Å²) in [6.07, 6.45) is 0.0499. The lowest BCUT2D eigenvalue weighted by atomic mass is 10.2. The third kappa shape index (κ3) is 4.21. The first-order chi connectivity index (χ1) is 8.05. The van der Waals surface area contributed by atoms with Crippen LogP contribution in [0.4, 0.5) is 0 Å². The van der Waals surface area contributed by atoms with Gasteiger partial charge < -0.3 is 14.2 Å². The van der Waals surface area contributed by atoms with Crippen LogP contribution in [0.3, 0.4) is 0 Å². The van der Waals surface area contributed by atoms with Gasteiger partial charge >= 0.3 is 0 Å². The van der Waals surface area contributed by atoms with Crippen LogP contribution in [-0.4, -0.2) is 25.1 Å². The molecule has 0 amide bonds. The Morgan fingerprint density at radius 3 is 2.65 bits per heavy atom. The van der Waals surface area contributed by atoms with Crippen LogP contribution in [0.2, 0.25) is 0 Å². The average Bonchev–Trinajstić information content (AvgIpc) is 2.61. The molecular formula is C13H17IO3. The largest absolute Gasteiger partial charge is 0.374 e. The summed E-state index contributed by atoms with van der Waals surface area (Å²) >= 11 is 2.29. The molecule has 1 aliphatic heterocycles. The molecule has 1 aliphatic rings. The van der Waals surface area contributed by atoms with E-state index in [-0.39, 0.29) is 6.10 Å². The molecule has 1 unspecified atom stereocenters. The lowest BCUT2D eigenvalue weighted by molar-refractivity contribution is -0.145. The molecule has 94 valence electrons. The monoisotopic (exact) mass is 348 g/mol. The van der Waals surface area contributed by atoms with Crippen LogP contribution in [0.5, 0.6) is 0 Å². The standard InChI is InChI=1S/C13H17IO3/c1-13(2)16-9-12(17-13)8-15-7-10-3-5-11(14)6-4-10/h3-6,12H,7-9H2,1-2H3. The van der Waals surface area contributed by atoms with Gasteiger partial charge in [0.05, 0.1) is 19.8 Å². The minimum atomic E-state index is -0.461. The molecule has 0 spiro atoms. The molecule has 3 nitrogen and oxygen atoms in total. The molecular weight excluding hydrogens is 331 g/mol. The Balaban J connectivity index is 1.71. The van der Waals surface area contributed by atoms with Gasteiger partial charge in [0.1, 0.15) is 6.10 Å². The number of hydrogen-bond acceptors (Lipinski definition) is 3. The molecule has 2 rings (SSSR count). The van der Waals surface area contributed by atoms with E-state index in [9.17, 15) is 0 Å². The van der Waals surface area contributed by atoms with Crippen molar-refractivity contribution in [1.82, 2.24) is 0 Å². The Bertz CT molecular complexity index is 361. The number of ether oxygens (including phenoxy) is 3. The quantitative estimate of drug-likeness (QED) is 0.783. The molecule has 0 N–H and O–H groups in total. The van der Waals surface area contributed by atoms with E-state index in [1.165, 1.54) is 9.13 Å². The summed E-state index contributed by atoms with van der Waals surface area (Å²) in [5.74, 6) is -0.461. The van der Waals surface area contributed by atoms with Crippen molar-refractivity contribution in [2.75, 3.05) is 13.2 Å². The van der Waals surface area contributed by atoms with Crippen molar-refractivity contribution in [3.63, 3.8) is 0 Å². The molecule has 0 saturated carbocycles. The highest BCUT2D eigenvalue weighted by molar-refractivity contribution is 14.1. The molecule has 0 bridgehead atoms. The highest BCUT2D eigenvalue weighted by Crippen LogP contribution is 2.22. The van der Waals surface area contributed by atoms with Gasteiger partial charge in [0.15, 0.2) is 5.79 Å². The van der Waals surface area contributed by atoms with Crippen molar-refractivity contribution in [2.45, 2.75) is 32.3 Å². The van der Waals surface area contributed by atoms with Crippen LogP contribution in [-0.2, 0) is 20.8 Å². The Kier molecular flexibility index (Phi) is 4.41. The number of hydrogen-bond donors (Lipinski definition) is 0. The van der Waals surface area contributed by atoms with Crippen molar-refractivity contribution in [3.05, 3.63) is 33.4 Å². The third-order valence-corrected chi connectivity index (χ3v) is 3.27. The summed E-state index contributed by atoms with van der Waals surface area (Å²) in [6.45, 7) is 5.66. The van der Waals surface area contributed by atoms with Gasteiger partial charge in [-0.05, 0) is 54.1 Å². The molecule has 1 aromatic carbocycles. The van der Waals surface area contributed by atoms with Gasteiger partial charge in [0.2, 0.25) is 0 Å². The predicted octanol–water partition coefficient (Wildman–Crippen LogP) is 2.96. The van der Waals surface area contributed by atoms with Crippen molar-refractivity contribution < 1.29 is 14.2 Å². The molecule has 0 aliphatic carbocycles. The van der Waals surface area contributed by atoms with Crippen molar-refractivity contribution >= 4 is 22.6 Å². The first kappa shape index (κ1) is 13.3. The lowest BCUT2D eigenvalue weighted by Crippen LogP contribution is -2.24. The first-order valence-corrected chi connectivity index (χ1v) is 6.77. The smallest absolute Gasteiger partial charge is 0.163 e. The van der Waals surface area contributed by atoms with Crippen LogP contribution in [0.25, 0.3) is 0 Å². The second-order valence-corrected chi connectivity index (χ2v) is 5.84. The van der Waals surface area contributed by atoms with Gasteiger partial charge in [-0.1, -0.05) is 12.1 Å². The highest BCUT2D eigenvalue weighted by Gasteiger charge is 2.32. The fraction of sp³-hybridized carbons (Fsp3) is 0.538. The van der Waals surface area contributed by atoms with Crippen LogP contribution in [0.15, 0.2) is 24.3 Å². The van der Waals surface area contributed by atoms with E-state index in [0.29, 0.717) is 19.8 Å². The number of rotatable bonds is 4. The molecule has 1 heterocycles. The third-order valence-electron chi connectivity index (χ3n) is 2.55. The van der Waals surface area contributed by atoms with Gasteiger partial charge in [-0.3, -0.25) is 0 Å². The van der Waals surface area contributed by atoms with E-state index in [2.05, 4.69) is 46.9 Å². The summed E-state index contributed by atoms with van der Waals surface area (Å²) in [5.41, 5.74) is 1.18. The molecule has 1 saturated heterocycles. The van der Waals surface area contributed by atoms with E-state index >= 15 is 0 Å². The summed E-state index contributed by atoms with van der Waals surface area (Å²) in [4.78, 5) is 0. The first-order valence-electron chi connectivity index (χ1n) is 5.69. The molecule has 1 fully saturated rings. The van der Waals surface area contributed by atoms with Crippen molar-refractivity contribution in [3.8, 4) is 0 Å². The van der Waals surface area contributed by atoms with Crippen LogP contribution < -0.4 is 0 Å².